The Balaban J connectivity index is 2.11. The molecule has 24 heavy (non-hydrogen) atoms. The zero-order chi connectivity index (χ0) is 17.1. The van der Waals surface area contributed by atoms with E-state index in [1.165, 1.54) is 23.0 Å². The van der Waals surface area contributed by atoms with Gasteiger partial charge in [-0.15, -0.1) is 0 Å². The van der Waals surface area contributed by atoms with Gasteiger partial charge < -0.3 is 9.30 Å². The lowest BCUT2D eigenvalue weighted by Gasteiger charge is -2.10. The van der Waals surface area contributed by atoms with Gasteiger partial charge in [-0.25, -0.2) is 9.48 Å². The van der Waals surface area contributed by atoms with E-state index in [0.29, 0.717) is 17.1 Å². The number of aromatic nitrogens is 3. The van der Waals surface area contributed by atoms with E-state index >= 15 is 0 Å². The molecule has 0 unspecified atom stereocenters. The van der Waals surface area contributed by atoms with Crippen LogP contribution in [0.25, 0.3) is 11.5 Å². The molecule has 0 aliphatic heterocycles. The number of non-ortho nitro benzene ring substituents is 1. The molecule has 0 fully saturated rings. The molecule has 2 heterocycles. The van der Waals surface area contributed by atoms with Gasteiger partial charge in [0.15, 0.2) is 5.82 Å². The van der Waals surface area contributed by atoms with Crippen LogP contribution >= 0.6 is 0 Å². The molecule has 0 atom stereocenters. The molecule has 0 N–H and O–H groups in total. The van der Waals surface area contributed by atoms with Crippen LogP contribution in [0.15, 0.2) is 55.0 Å². The lowest BCUT2D eigenvalue weighted by atomic mass is 10.2. The average Bonchev–Trinajstić information content (AvgIpc) is 3.24. The Hall–Kier alpha value is -3.42. The summed E-state index contributed by atoms with van der Waals surface area (Å²) in [4.78, 5) is 22.5. The number of rotatable bonds is 5. The molecule has 0 bridgehead atoms. The number of ether oxygens (including phenoxy) is 1. The van der Waals surface area contributed by atoms with E-state index in [4.69, 9.17) is 4.74 Å². The number of nitrogens with zero attached hydrogens (tertiary/aromatic N) is 4. The van der Waals surface area contributed by atoms with Crippen molar-refractivity contribution in [2.75, 3.05) is 6.61 Å². The molecular weight excluding hydrogens is 312 g/mol. The molecule has 0 radical (unpaired) electrons. The second kappa shape index (κ2) is 6.37. The summed E-state index contributed by atoms with van der Waals surface area (Å²) in [6.45, 7) is 1.99. The zero-order valence-corrected chi connectivity index (χ0v) is 12.8. The molecule has 122 valence electrons. The highest BCUT2D eigenvalue weighted by atomic mass is 16.6. The van der Waals surface area contributed by atoms with E-state index in [1.807, 2.05) is 12.1 Å². The predicted octanol–water partition coefficient (Wildman–Crippen LogP) is 2.75. The van der Waals surface area contributed by atoms with Gasteiger partial charge in [-0.2, -0.15) is 5.10 Å². The average molecular weight is 326 g/mol. The highest BCUT2D eigenvalue weighted by Gasteiger charge is 2.21. The lowest BCUT2D eigenvalue weighted by Crippen LogP contribution is -2.11. The number of nitro benzene ring substituents is 1. The standard InChI is InChI=1S/C16H14N4O4/c1-2-24-16(21)14-11-17-19(15(14)18-9-3-4-10-18)12-5-7-13(8-6-12)20(22)23/h3-11H,2H2,1H3. The molecule has 8 heteroatoms. The van der Waals surface area contributed by atoms with Crippen molar-refractivity contribution in [2.45, 2.75) is 6.92 Å². The number of carbonyl (C=O) groups is 1. The molecule has 0 saturated carbocycles. The number of benzene rings is 1. The predicted molar refractivity (Wildman–Crippen MR) is 85.5 cm³/mol. The van der Waals surface area contributed by atoms with Gasteiger partial charge in [-0.05, 0) is 31.2 Å². The van der Waals surface area contributed by atoms with Gasteiger partial charge in [0.2, 0.25) is 0 Å². The Morgan fingerprint density at radius 1 is 1.25 bits per heavy atom. The number of hydrogen-bond donors (Lipinski definition) is 0. The maximum Gasteiger partial charge on any atom is 0.343 e. The van der Waals surface area contributed by atoms with Crippen LogP contribution in [0.4, 0.5) is 5.69 Å². The summed E-state index contributed by atoms with van der Waals surface area (Å²) in [6.07, 6.45) is 4.98. The fraction of sp³-hybridized carbons (Fsp3) is 0.125. The van der Waals surface area contributed by atoms with E-state index in [1.54, 1.807) is 36.0 Å². The second-order valence-corrected chi connectivity index (χ2v) is 4.88. The minimum atomic E-state index is -0.477. The van der Waals surface area contributed by atoms with Crippen LogP contribution in [0.1, 0.15) is 17.3 Å². The van der Waals surface area contributed by atoms with Gasteiger partial charge in [0.05, 0.1) is 23.4 Å². The molecule has 0 amide bonds. The normalized spacial score (nSPS) is 10.5. The van der Waals surface area contributed by atoms with Crippen LogP contribution in [-0.4, -0.2) is 31.8 Å². The molecule has 0 aliphatic rings. The number of esters is 1. The lowest BCUT2D eigenvalue weighted by molar-refractivity contribution is -0.384. The first-order valence-corrected chi connectivity index (χ1v) is 7.25. The van der Waals surface area contributed by atoms with E-state index in [-0.39, 0.29) is 12.3 Å². The Kier molecular flexibility index (Phi) is 4.11. The smallest absolute Gasteiger partial charge is 0.343 e. The molecule has 0 spiro atoms. The molecular formula is C16H14N4O4. The van der Waals surface area contributed by atoms with Crippen LogP contribution in [0.2, 0.25) is 0 Å². The van der Waals surface area contributed by atoms with E-state index in [9.17, 15) is 14.9 Å². The minimum absolute atomic E-state index is 0.0148. The maximum absolute atomic E-state index is 12.2. The number of hydrogen-bond acceptors (Lipinski definition) is 5. The van der Waals surface area contributed by atoms with Crippen LogP contribution in [0.5, 0.6) is 0 Å². The van der Waals surface area contributed by atoms with Crippen LogP contribution < -0.4 is 0 Å². The third-order valence-corrected chi connectivity index (χ3v) is 3.39. The molecule has 0 aliphatic carbocycles. The summed E-state index contributed by atoms with van der Waals surface area (Å²) in [5, 5.41) is 15.0. The minimum Gasteiger partial charge on any atom is -0.462 e. The monoisotopic (exact) mass is 326 g/mol. The van der Waals surface area contributed by atoms with Crippen molar-refractivity contribution in [3.8, 4) is 11.5 Å². The molecule has 1 aromatic carbocycles. The quantitative estimate of drug-likeness (QED) is 0.408. The van der Waals surface area contributed by atoms with Crippen LogP contribution in [0, 0.1) is 10.1 Å². The van der Waals surface area contributed by atoms with Crippen LogP contribution in [-0.2, 0) is 4.74 Å². The van der Waals surface area contributed by atoms with E-state index < -0.39 is 10.9 Å². The van der Waals surface area contributed by atoms with Crippen molar-refractivity contribution < 1.29 is 14.5 Å². The first kappa shape index (κ1) is 15.5. The Morgan fingerprint density at radius 3 is 2.50 bits per heavy atom. The molecule has 3 rings (SSSR count). The summed E-state index contributed by atoms with van der Waals surface area (Å²) in [5.41, 5.74) is 0.894. The third kappa shape index (κ3) is 2.76. The highest BCUT2D eigenvalue weighted by Crippen LogP contribution is 2.22. The van der Waals surface area contributed by atoms with Gasteiger partial charge in [-0.3, -0.25) is 10.1 Å². The summed E-state index contributed by atoms with van der Waals surface area (Å²) >= 11 is 0. The molecule has 0 saturated heterocycles. The fourth-order valence-electron chi connectivity index (χ4n) is 2.32. The van der Waals surface area contributed by atoms with Crippen molar-refractivity contribution in [2.24, 2.45) is 0 Å². The van der Waals surface area contributed by atoms with Crippen molar-refractivity contribution in [3.63, 3.8) is 0 Å². The third-order valence-electron chi connectivity index (χ3n) is 3.39. The first-order chi connectivity index (χ1) is 11.6. The van der Waals surface area contributed by atoms with Gasteiger partial charge >= 0.3 is 5.97 Å². The largest absolute Gasteiger partial charge is 0.462 e. The Labute approximate surface area is 137 Å². The van der Waals surface area contributed by atoms with Gasteiger partial charge in [0.1, 0.15) is 5.56 Å². The zero-order valence-electron chi connectivity index (χ0n) is 12.8. The molecule has 2 aromatic heterocycles. The molecule has 8 nitrogen and oxygen atoms in total. The topological polar surface area (TPSA) is 92.2 Å². The van der Waals surface area contributed by atoms with E-state index in [0.717, 1.165) is 0 Å². The SMILES string of the molecule is CCOC(=O)c1cnn(-c2ccc([N+](=O)[O-])cc2)c1-n1cccc1. The number of carbonyl (C=O) groups excluding carboxylic acids is 1. The summed E-state index contributed by atoms with van der Waals surface area (Å²) in [7, 11) is 0. The van der Waals surface area contributed by atoms with Gasteiger partial charge in [-0.1, -0.05) is 0 Å². The second-order valence-electron chi connectivity index (χ2n) is 4.88. The fourth-order valence-corrected chi connectivity index (χ4v) is 2.32. The van der Waals surface area contributed by atoms with Gasteiger partial charge in [0.25, 0.3) is 5.69 Å². The first-order valence-electron chi connectivity index (χ1n) is 7.25. The van der Waals surface area contributed by atoms with Crippen molar-refractivity contribution in [1.29, 1.82) is 0 Å². The Bertz CT molecular complexity index is 866. The summed E-state index contributed by atoms with van der Waals surface area (Å²) in [6, 6.07) is 9.57. The van der Waals surface area contributed by atoms with Crippen molar-refractivity contribution in [3.05, 3.63) is 70.7 Å². The highest BCUT2D eigenvalue weighted by molar-refractivity contribution is 5.93. The van der Waals surface area contributed by atoms with Crippen molar-refractivity contribution >= 4 is 11.7 Å². The summed E-state index contributed by atoms with van der Waals surface area (Å²) < 4.78 is 8.35. The molecule has 3 aromatic rings. The van der Waals surface area contributed by atoms with Crippen molar-refractivity contribution in [1.82, 2.24) is 14.3 Å². The summed E-state index contributed by atoms with van der Waals surface area (Å²) in [5.74, 6) is 0.0293. The van der Waals surface area contributed by atoms with Gasteiger partial charge in [0, 0.05) is 24.5 Å². The Morgan fingerprint density at radius 2 is 1.92 bits per heavy atom. The number of nitro groups is 1. The van der Waals surface area contributed by atoms with E-state index in [2.05, 4.69) is 5.10 Å². The maximum atomic E-state index is 12.2. The van der Waals surface area contributed by atoms with Crippen LogP contribution in [0.3, 0.4) is 0 Å².